The van der Waals surface area contributed by atoms with Crippen LogP contribution in [0.1, 0.15) is 39.0 Å². The Balaban J connectivity index is 2.30. The molecule has 0 saturated carbocycles. The summed E-state index contributed by atoms with van der Waals surface area (Å²) in [6.07, 6.45) is 0. The lowest BCUT2D eigenvalue weighted by molar-refractivity contribution is 0.0599. The fourth-order valence-corrected chi connectivity index (χ4v) is 2.89. The number of benzene rings is 1. The highest BCUT2D eigenvalue weighted by molar-refractivity contribution is 6.31. The van der Waals surface area contributed by atoms with Crippen molar-refractivity contribution in [2.24, 2.45) is 0 Å². The Morgan fingerprint density at radius 1 is 1.24 bits per heavy atom. The number of nitrogens with one attached hydrogen (secondary N) is 2. The number of anilines is 1. The number of Topliss-reactive ketones (excluding diaryl/α,β-unsaturated/α-hetero) is 1. The maximum Gasteiger partial charge on any atom is 0.339 e. The van der Waals surface area contributed by atoms with E-state index in [1.165, 1.54) is 7.11 Å². The molecule has 1 heterocycles. The van der Waals surface area contributed by atoms with Gasteiger partial charge in [0.15, 0.2) is 0 Å². The van der Waals surface area contributed by atoms with Crippen LogP contribution in [0, 0.1) is 13.8 Å². The molecule has 7 heteroatoms. The summed E-state index contributed by atoms with van der Waals surface area (Å²) in [5, 5.41) is 3.63. The first kappa shape index (κ1) is 18.9. The monoisotopic (exact) mass is 364 g/mol. The van der Waals surface area contributed by atoms with Crippen molar-refractivity contribution in [2.75, 3.05) is 19.5 Å². The molecule has 0 aliphatic carbocycles. The summed E-state index contributed by atoms with van der Waals surface area (Å²) >= 11 is 6.02. The Hall–Kier alpha value is -2.47. The summed E-state index contributed by atoms with van der Waals surface area (Å²) in [6.45, 7) is 5.18. The number of carbonyl (C=O) groups excluding carboxylic acids is 2. The minimum Gasteiger partial charge on any atom is -0.495 e. The normalized spacial score (nSPS) is 11.8. The second kappa shape index (κ2) is 7.61. The van der Waals surface area contributed by atoms with Gasteiger partial charge in [0.05, 0.1) is 37.2 Å². The van der Waals surface area contributed by atoms with Crippen LogP contribution in [0.5, 0.6) is 5.75 Å². The number of carbonyl (C=O) groups is 2. The highest BCUT2D eigenvalue weighted by Gasteiger charge is 2.25. The molecule has 0 saturated heterocycles. The number of aromatic nitrogens is 1. The van der Waals surface area contributed by atoms with Gasteiger partial charge in [0.1, 0.15) is 5.75 Å². The molecule has 134 valence electrons. The van der Waals surface area contributed by atoms with Gasteiger partial charge >= 0.3 is 5.97 Å². The number of halogens is 1. The summed E-state index contributed by atoms with van der Waals surface area (Å²) in [7, 11) is 2.85. The van der Waals surface area contributed by atoms with E-state index in [4.69, 9.17) is 21.1 Å². The van der Waals surface area contributed by atoms with E-state index >= 15 is 0 Å². The zero-order valence-electron chi connectivity index (χ0n) is 14.8. The smallest absolute Gasteiger partial charge is 0.339 e. The number of hydrogen-bond acceptors (Lipinski definition) is 5. The summed E-state index contributed by atoms with van der Waals surface area (Å²) in [6, 6.07) is 4.56. The lowest BCUT2D eigenvalue weighted by Crippen LogP contribution is -2.27. The topological polar surface area (TPSA) is 80.4 Å². The average molecular weight is 365 g/mol. The number of hydrogen-bond donors (Lipinski definition) is 2. The zero-order valence-corrected chi connectivity index (χ0v) is 15.6. The van der Waals surface area contributed by atoms with Crippen molar-refractivity contribution in [3.05, 3.63) is 45.7 Å². The van der Waals surface area contributed by atoms with Gasteiger partial charge < -0.3 is 19.8 Å². The Labute approximate surface area is 151 Å². The number of methoxy groups -OCH3 is 2. The molecule has 1 atom stereocenters. The minimum atomic E-state index is -0.561. The van der Waals surface area contributed by atoms with Gasteiger partial charge in [-0.25, -0.2) is 4.79 Å². The van der Waals surface area contributed by atoms with Crippen LogP contribution < -0.4 is 10.1 Å². The number of rotatable bonds is 6. The molecule has 2 aromatic rings. The molecule has 0 amide bonds. The fraction of sp³-hybridized carbons (Fsp3) is 0.333. The molecule has 2 rings (SSSR count). The average Bonchev–Trinajstić information content (AvgIpc) is 2.88. The van der Waals surface area contributed by atoms with Crippen LogP contribution in [-0.2, 0) is 4.74 Å². The third-order valence-electron chi connectivity index (χ3n) is 4.00. The predicted molar refractivity (Wildman–Crippen MR) is 97.0 cm³/mol. The van der Waals surface area contributed by atoms with E-state index in [1.54, 1.807) is 46.1 Å². The maximum absolute atomic E-state index is 12.8. The Kier molecular flexibility index (Phi) is 5.74. The Morgan fingerprint density at radius 2 is 1.92 bits per heavy atom. The number of esters is 1. The highest BCUT2D eigenvalue weighted by atomic mass is 35.5. The predicted octanol–water partition coefficient (Wildman–Crippen LogP) is 3.76. The van der Waals surface area contributed by atoms with Crippen molar-refractivity contribution in [1.29, 1.82) is 0 Å². The minimum absolute atomic E-state index is 0.183. The Morgan fingerprint density at radius 3 is 2.52 bits per heavy atom. The molecule has 25 heavy (non-hydrogen) atoms. The van der Waals surface area contributed by atoms with E-state index in [2.05, 4.69) is 10.3 Å². The van der Waals surface area contributed by atoms with Gasteiger partial charge in [-0.2, -0.15) is 0 Å². The summed E-state index contributed by atoms with van der Waals surface area (Å²) in [5.74, 6) is -0.0705. The van der Waals surface area contributed by atoms with Gasteiger partial charge in [-0.05, 0) is 44.5 Å². The zero-order chi connectivity index (χ0) is 18.7. The van der Waals surface area contributed by atoms with Gasteiger partial charge in [0, 0.05) is 10.7 Å². The third kappa shape index (κ3) is 3.79. The molecule has 0 fully saturated rings. The molecular formula is C18H21ClN2O4. The van der Waals surface area contributed by atoms with Crippen molar-refractivity contribution in [1.82, 2.24) is 4.98 Å². The van der Waals surface area contributed by atoms with Crippen LogP contribution in [0.25, 0.3) is 0 Å². The molecule has 0 aliphatic heterocycles. The Bertz CT molecular complexity index is 814. The second-order valence-corrected chi connectivity index (χ2v) is 6.13. The molecule has 0 radical (unpaired) electrons. The number of aryl methyl sites for hydroxylation is 1. The first-order valence-corrected chi connectivity index (χ1v) is 8.09. The van der Waals surface area contributed by atoms with E-state index in [9.17, 15) is 9.59 Å². The van der Waals surface area contributed by atoms with Crippen molar-refractivity contribution >= 4 is 29.0 Å². The molecule has 1 unspecified atom stereocenters. The van der Waals surface area contributed by atoms with Crippen molar-refractivity contribution in [3.63, 3.8) is 0 Å². The summed E-state index contributed by atoms with van der Waals surface area (Å²) in [4.78, 5) is 27.7. The lowest BCUT2D eigenvalue weighted by Gasteiger charge is -2.17. The first-order valence-electron chi connectivity index (χ1n) is 7.71. The molecule has 1 aromatic heterocycles. The number of H-pyrrole nitrogens is 1. The van der Waals surface area contributed by atoms with Crippen LogP contribution >= 0.6 is 11.6 Å². The van der Waals surface area contributed by atoms with Crippen molar-refractivity contribution in [3.8, 4) is 5.75 Å². The summed E-state index contributed by atoms with van der Waals surface area (Å²) in [5.41, 5.74) is 2.54. The maximum atomic E-state index is 12.8. The number of ketones is 1. The van der Waals surface area contributed by atoms with E-state index in [-0.39, 0.29) is 5.78 Å². The molecule has 0 aliphatic rings. The molecule has 6 nitrogen and oxygen atoms in total. The molecule has 0 spiro atoms. The molecular weight excluding hydrogens is 344 g/mol. The van der Waals surface area contributed by atoms with E-state index in [0.29, 0.717) is 39.0 Å². The number of aromatic amines is 1. The molecule has 0 bridgehead atoms. The van der Waals surface area contributed by atoms with Crippen molar-refractivity contribution in [2.45, 2.75) is 26.8 Å². The quantitative estimate of drug-likeness (QED) is 0.602. The van der Waals surface area contributed by atoms with Gasteiger partial charge in [-0.1, -0.05) is 11.6 Å². The second-order valence-electron chi connectivity index (χ2n) is 5.69. The largest absolute Gasteiger partial charge is 0.495 e. The molecule has 1 aromatic carbocycles. The van der Waals surface area contributed by atoms with Gasteiger partial charge in [-0.15, -0.1) is 0 Å². The highest BCUT2D eigenvalue weighted by Crippen LogP contribution is 2.29. The standard InChI is InChI=1S/C18H21ClN2O4/c1-9-15(18(23)25-5)10(2)21-16(9)17(22)11(3)20-13-8-12(19)6-7-14(13)24-4/h6-8,11,20-21H,1-5H3. The van der Waals surface area contributed by atoms with E-state index in [1.807, 2.05) is 0 Å². The van der Waals surface area contributed by atoms with Crippen molar-refractivity contribution < 1.29 is 19.1 Å². The van der Waals surface area contributed by atoms with Gasteiger partial charge in [0.25, 0.3) is 0 Å². The SMILES string of the molecule is COC(=O)c1c(C)[nH]c(C(=O)C(C)Nc2cc(Cl)ccc2OC)c1C. The number of ether oxygens (including phenoxy) is 2. The van der Waals surface area contributed by atoms with Crippen LogP contribution in [0.2, 0.25) is 5.02 Å². The first-order chi connectivity index (χ1) is 11.8. The van der Waals surface area contributed by atoms with Crippen LogP contribution in [0.3, 0.4) is 0 Å². The van der Waals surface area contributed by atoms with Crippen LogP contribution in [-0.4, -0.2) is 37.0 Å². The van der Waals surface area contributed by atoms with Gasteiger partial charge in [-0.3, -0.25) is 4.79 Å². The molecule has 2 N–H and O–H groups in total. The van der Waals surface area contributed by atoms with E-state index < -0.39 is 12.0 Å². The fourth-order valence-electron chi connectivity index (χ4n) is 2.71. The summed E-state index contributed by atoms with van der Waals surface area (Å²) < 4.78 is 10.1. The van der Waals surface area contributed by atoms with Crippen LogP contribution in [0.4, 0.5) is 5.69 Å². The van der Waals surface area contributed by atoms with Gasteiger partial charge in [0.2, 0.25) is 5.78 Å². The van der Waals surface area contributed by atoms with Crippen LogP contribution in [0.15, 0.2) is 18.2 Å². The lowest BCUT2D eigenvalue weighted by atomic mass is 10.0. The third-order valence-corrected chi connectivity index (χ3v) is 4.24. The van der Waals surface area contributed by atoms with E-state index in [0.717, 1.165) is 0 Å².